The molecule has 3 rings (SSSR count). The van der Waals surface area contributed by atoms with Crippen LogP contribution in [0.4, 0.5) is 5.82 Å². The SMILES string of the molecule is Cc1cc(CN2CCCC(Cc3nccnc3N)C2)no1. The van der Waals surface area contributed by atoms with Crippen molar-refractivity contribution >= 4 is 5.82 Å². The lowest BCUT2D eigenvalue weighted by Gasteiger charge is -2.32. The molecule has 1 unspecified atom stereocenters. The fourth-order valence-electron chi connectivity index (χ4n) is 2.99. The van der Waals surface area contributed by atoms with Crippen LogP contribution < -0.4 is 5.73 Å². The Morgan fingerprint density at radius 2 is 2.24 bits per heavy atom. The van der Waals surface area contributed by atoms with Crippen molar-refractivity contribution in [2.24, 2.45) is 5.92 Å². The second kappa shape index (κ2) is 6.22. The Morgan fingerprint density at radius 1 is 1.38 bits per heavy atom. The molecule has 112 valence electrons. The molecule has 6 nitrogen and oxygen atoms in total. The van der Waals surface area contributed by atoms with E-state index in [0.717, 1.165) is 43.2 Å². The molecule has 0 bridgehead atoms. The van der Waals surface area contributed by atoms with Crippen LogP contribution in [0.1, 0.15) is 30.0 Å². The van der Waals surface area contributed by atoms with Gasteiger partial charge in [-0.15, -0.1) is 0 Å². The second-order valence-electron chi connectivity index (χ2n) is 5.76. The highest BCUT2D eigenvalue weighted by Crippen LogP contribution is 2.22. The van der Waals surface area contributed by atoms with E-state index in [0.29, 0.717) is 11.7 Å². The van der Waals surface area contributed by atoms with Gasteiger partial charge in [-0.05, 0) is 38.6 Å². The average molecular weight is 287 g/mol. The molecule has 0 amide bonds. The van der Waals surface area contributed by atoms with Crippen LogP contribution in [-0.2, 0) is 13.0 Å². The monoisotopic (exact) mass is 287 g/mol. The van der Waals surface area contributed by atoms with Gasteiger partial charge in [0.15, 0.2) is 0 Å². The van der Waals surface area contributed by atoms with Gasteiger partial charge in [-0.2, -0.15) is 0 Å². The van der Waals surface area contributed by atoms with E-state index in [4.69, 9.17) is 10.3 Å². The average Bonchev–Trinajstić information content (AvgIpc) is 2.87. The van der Waals surface area contributed by atoms with E-state index in [2.05, 4.69) is 20.0 Å². The molecule has 2 aromatic heterocycles. The maximum Gasteiger partial charge on any atom is 0.145 e. The van der Waals surface area contributed by atoms with E-state index < -0.39 is 0 Å². The van der Waals surface area contributed by atoms with Crippen LogP contribution in [0.3, 0.4) is 0 Å². The van der Waals surface area contributed by atoms with Gasteiger partial charge in [-0.25, -0.2) is 4.98 Å². The van der Waals surface area contributed by atoms with Gasteiger partial charge in [0.2, 0.25) is 0 Å². The summed E-state index contributed by atoms with van der Waals surface area (Å²) < 4.78 is 5.13. The fraction of sp³-hybridized carbons (Fsp3) is 0.533. The summed E-state index contributed by atoms with van der Waals surface area (Å²) in [6.07, 6.45) is 6.66. The zero-order valence-electron chi connectivity index (χ0n) is 12.3. The Kier molecular flexibility index (Phi) is 4.15. The quantitative estimate of drug-likeness (QED) is 0.923. The zero-order valence-corrected chi connectivity index (χ0v) is 12.3. The topological polar surface area (TPSA) is 81.1 Å². The summed E-state index contributed by atoms with van der Waals surface area (Å²) in [6.45, 7) is 4.93. The van der Waals surface area contributed by atoms with Gasteiger partial charge in [0.25, 0.3) is 0 Å². The van der Waals surface area contributed by atoms with Gasteiger partial charge in [0, 0.05) is 31.5 Å². The first-order valence-corrected chi connectivity index (χ1v) is 7.40. The summed E-state index contributed by atoms with van der Waals surface area (Å²) in [7, 11) is 0. The van der Waals surface area contributed by atoms with Gasteiger partial charge in [0.05, 0.1) is 11.4 Å². The van der Waals surface area contributed by atoms with E-state index in [1.165, 1.54) is 12.8 Å². The molecule has 6 heteroatoms. The summed E-state index contributed by atoms with van der Waals surface area (Å²) in [5, 5.41) is 4.07. The van der Waals surface area contributed by atoms with Crippen molar-refractivity contribution in [1.29, 1.82) is 0 Å². The van der Waals surface area contributed by atoms with Gasteiger partial charge in [-0.3, -0.25) is 9.88 Å². The van der Waals surface area contributed by atoms with Gasteiger partial charge in [-0.1, -0.05) is 5.16 Å². The van der Waals surface area contributed by atoms with E-state index in [1.54, 1.807) is 12.4 Å². The van der Waals surface area contributed by atoms with Crippen molar-refractivity contribution in [3.05, 3.63) is 35.6 Å². The molecular formula is C15H21N5O. The highest BCUT2D eigenvalue weighted by molar-refractivity contribution is 5.33. The van der Waals surface area contributed by atoms with Crippen molar-refractivity contribution < 1.29 is 4.52 Å². The van der Waals surface area contributed by atoms with Crippen LogP contribution in [-0.4, -0.2) is 33.1 Å². The zero-order chi connectivity index (χ0) is 14.7. The first kappa shape index (κ1) is 14.0. The number of likely N-dealkylation sites (tertiary alicyclic amines) is 1. The molecule has 0 aliphatic carbocycles. The van der Waals surface area contributed by atoms with Crippen LogP contribution in [0.25, 0.3) is 0 Å². The van der Waals surface area contributed by atoms with Crippen LogP contribution >= 0.6 is 0 Å². The predicted octanol–water partition coefficient (Wildman–Crippen LogP) is 1.81. The molecule has 0 saturated carbocycles. The summed E-state index contributed by atoms with van der Waals surface area (Å²) in [5.41, 5.74) is 7.81. The molecule has 2 aromatic rings. The second-order valence-corrected chi connectivity index (χ2v) is 5.76. The smallest absolute Gasteiger partial charge is 0.145 e. The lowest BCUT2D eigenvalue weighted by atomic mass is 9.93. The Bertz CT molecular complexity index is 597. The summed E-state index contributed by atoms with van der Waals surface area (Å²) in [4.78, 5) is 10.9. The van der Waals surface area contributed by atoms with Crippen LogP contribution in [0.2, 0.25) is 0 Å². The van der Waals surface area contributed by atoms with Gasteiger partial charge >= 0.3 is 0 Å². The molecule has 0 radical (unpaired) electrons. The van der Waals surface area contributed by atoms with E-state index >= 15 is 0 Å². The normalized spacial score (nSPS) is 19.8. The Labute approximate surface area is 124 Å². The maximum absolute atomic E-state index is 5.89. The maximum atomic E-state index is 5.89. The van der Waals surface area contributed by atoms with Gasteiger partial charge in [0.1, 0.15) is 11.6 Å². The Hall–Kier alpha value is -1.95. The van der Waals surface area contributed by atoms with Crippen molar-refractivity contribution in [1.82, 2.24) is 20.0 Å². The first-order valence-electron chi connectivity index (χ1n) is 7.40. The van der Waals surface area contributed by atoms with Gasteiger partial charge < -0.3 is 10.3 Å². The number of piperidine rings is 1. The molecule has 0 spiro atoms. The highest BCUT2D eigenvalue weighted by Gasteiger charge is 2.22. The fourth-order valence-corrected chi connectivity index (χ4v) is 2.99. The number of aromatic nitrogens is 3. The summed E-state index contributed by atoms with van der Waals surface area (Å²) in [5.74, 6) is 2.00. The third kappa shape index (κ3) is 3.58. The number of hydrogen-bond donors (Lipinski definition) is 1. The molecule has 0 aromatic carbocycles. The number of hydrogen-bond acceptors (Lipinski definition) is 6. The van der Waals surface area contributed by atoms with Crippen molar-refractivity contribution in [3.63, 3.8) is 0 Å². The molecule has 1 aliphatic rings. The number of rotatable bonds is 4. The molecular weight excluding hydrogens is 266 g/mol. The molecule has 21 heavy (non-hydrogen) atoms. The number of nitrogens with zero attached hydrogens (tertiary/aromatic N) is 4. The minimum atomic E-state index is 0.557. The molecule has 1 fully saturated rings. The van der Waals surface area contributed by atoms with Crippen molar-refractivity contribution in [2.75, 3.05) is 18.8 Å². The van der Waals surface area contributed by atoms with Crippen LogP contribution in [0.5, 0.6) is 0 Å². The number of nitrogen functional groups attached to an aromatic ring is 1. The van der Waals surface area contributed by atoms with Crippen LogP contribution in [0, 0.1) is 12.8 Å². The van der Waals surface area contributed by atoms with Crippen molar-refractivity contribution in [2.45, 2.75) is 32.7 Å². The lowest BCUT2D eigenvalue weighted by Crippen LogP contribution is -2.36. The third-order valence-electron chi connectivity index (χ3n) is 3.95. The number of aryl methyl sites for hydroxylation is 1. The third-order valence-corrected chi connectivity index (χ3v) is 3.95. The number of nitrogens with two attached hydrogens (primary N) is 1. The predicted molar refractivity (Wildman–Crippen MR) is 79.4 cm³/mol. The molecule has 1 aliphatic heterocycles. The minimum Gasteiger partial charge on any atom is -0.382 e. The van der Waals surface area contributed by atoms with Crippen molar-refractivity contribution in [3.8, 4) is 0 Å². The molecule has 3 heterocycles. The minimum absolute atomic E-state index is 0.557. The first-order chi connectivity index (χ1) is 10.2. The van der Waals surface area contributed by atoms with E-state index in [-0.39, 0.29) is 0 Å². The molecule has 1 saturated heterocycles. The van der Waals surface area contributed by atoms with E-state index in [1.807, 2.05) is 13.0 Å². The lowest BCUT2D eigenvalue weighted by molar-refractivity contribution is 0.163. The number of anilines is 1. The highest BCUT2D eigenvalue weighted by atomic mass is 16.5. The summed E-state index contributed by atoms with van der Waals surface area (Å²) in [6, 6.07) is 2.00. The molecule has 1 atom stereocenters. The largest absolute Gasteiger partial charge is 0.382 e. The summed E-state index contributed by atoms with van der Waals surface area (Å²) >= 11 is 0. The standard InChI is InChI=1S/C15H21N5O/c1-11-7-13(19-21-11)10-20-6-2-3-12(9-20)8-14-15(16)18-5-4-17-14/h4-5,7,12H,2-3,6,8-10H2,1H3,(H2,16,18). The Morgan fingerprint density at radius 3 is 3.00 bits per heavy atom. The molecule has 2 N–H and O–H groups in total. The van der Waals surface area contributed by atoms with Crippen LogP contribution in [0.15, 0.2) is 23.0 Å². The Balaban J connectivity index is 1.59. The van der Waals surface area contributed by atoms with E-state index in [9.17, 15) is 0 Å².